The first-order valence-electron chi connectivity index (χ1n) is 3.87. The lowest BCUT2D eigenvalue weighted by molar-refractivity contribution is -0.127. The Bertz CT molecular complexity index is 258. The highest BCUT2D eigenvalue weighted by atomic mass is 16.1. The monoisotopic (exact) mass is 167 g/mol. The molecule has 4 heteroatoms. The zero-order valence-electron chi connectivity index (χ0n) is 7.61. The Morgan fingerprint density at radius 3 is 2.25 bits per heavy atom. The lowest BCUT2D eigenvalue weighted by Crippen LogP contribution is -2.25. The Morgan fingerprint density at radius 1 is 1.33 bits per heavy atom. The molecule has 1 aromatic heterocycles. The maximum Gasteiger partial charge on any atom is 0.161 e. The van der Waals surface area contributed by atoms with E-state index < -0.39 is 0 Å². The first-order chi connectivity index (χ1) is 5.50. The first kappa shape index (κ1) is 8.90. The van der Waals surface area contributed by atoms with Gasteiger partial charge in [-0.15, -0.1) is 0 Å². The molecular formula is C8H13N3O. The summed E-state index contributed by atoms with van der Waals surface area (Å²) in [5.74, 6) is 0.138. The van der Waals surface area contributed by atoms with E-state index in [0.29, 0.717) is 0 Å². The second kappa shape index (κ2) is 3.05. The average Bonchev–Trinajstić information content (AvgIpc) is 2.37. The Hall–Kier alpha value is -1.19. The van der Waals surface area contributed by atoms with Crippen molar-refractivity contribution in [2.24, 2.45) is 5.41 Å². The van der Waals surface area contributed by atoms with Crippen molar-refractivity contribution in [1.29, 1.82) is 0 Å². The summed E-state index contributed by atoms with van der Waals surface area (Å²) >= 11 is 0. The minimum absolute atomic E-state index is 0.138. The van der Waals surface area contributed by atoms with Gasteiger partial charge in [-0.25, -0.2) is 0 Å². The van der Waals surface area contributed by atoms with Crippen LogP contribution in [0.4, 0.5) is 0 Å². The van der Waals surface area contributed by atoms with Crippen molar-refractivity contribution >= 4 is 5.78 Å². The van der Waals surface area contributed by atoms with Crippen LogP contribution in [0, 0.1) is 5.41 Å². The molecule has 0 saturated carbocycles. The molecule has 0 saturated heterocycles. The van der Waals surface area contributed by atoms with Crippen LogP contribution < -0.4 is 0 Å². The molecule has 0 aliphatic rings. The smallest absolute Gasteiger partial charge is 0.161 e. The third-order valence-electron chi connectivity index (χ3n) is 1.59. The molecule has 0 bridgehead atoms. The number of ketones is 1. The maximum absolute atomic E-state index is 11.4. The minimum Gasteiger partial charge on any atom is -0.297 e. The molecule has 0 radical (unpaired) electrons. The number of carbonyl (C=O) groups excluding carboxylic acids is 1. The molecule has 0 aliphatic carbocycles. The Labute approximate surface area is 71.6 Å². The number of rotatable bonds is 2. The molecule has 1 rings (SSSR count). The molecule has 1 heterocycles. The van der Waals surface area contributed by atoms with Gasteiger partial charge < -0.3 is 0 Å². The molecule has 0 amide bonds. The van der Waals surface area contributed by atoms with E-state index in [1.165, 1.54) is 4.80 Å². The van der Waals surface area contributed by atoms with Crippen molar-refractivity contribution in [1.82, 2.24) is 15.0 Å². The molecule has 0 atom stereocenters. The summed E-state index contributed by atoms with van der Waals surface area (Å²) in [7, 11) is 0. The van der Waals surface area contributed by atoms with Crippen molar-refractivity contribution in [3.8, 4) is 0 Å². The zero-order valence-corrected chi connectivity index (χ0v) is 7.61. The van der Waals surface area contributed by atoms with Gasteiger partial charge in [-0.1, -0.05) is 20.8 Å². The van der Waals surface area contributed by atoms with Gasteiger partial charge in [0.2, 0.25) is 0 Å². The Morgan fingerprint density at radius 2 is 1.83 bits per heavy atom. The topological polar surface area (TPSA) is 47.8 Å². The minimum atomic E-state index is -0.312. The van der Waals surface area contributed by atoms with Gasteiger partial charge in [-0.05, 0) is 0 Å². The molecule has 66 valence electrons. The lowest BCUT2D eigenvalue weighted by atomic mass is 9.91. The molecular weight excluding hydrogens is 154 g/mol. The fourth-order valence-electron chi connectivity index (χ4n) is 0.691. The van der Waals surface area contributed by atoms with E-state index in [-0.39, 0.29) is 17.7 Å². The van der Waals surface area contributed by atoms with E-state index >= 15 is 0 Å². The number of hydrogen-bond acceptors (Lipinski definition) is 3. The average molecular weight is 167 g/mol. The Balaban J connectivity index is 2.60. The standard InChI is InChI=1S/C8H13N3O/c1-8(2,3)7(12)6-11-9-4-5-10-11/h4-5H,6H2,1-3H3. The summed E-state index contributed by atoms with van der Waals surface area (Å²) in [5.41, 5.74) is -0.312. The highest BCUT2D eigenvalue weighted by Crippen LogP contribution is 2.14. The highest BCUT2D eigenvalue weighted by molar-refractivity contribution is 5.83. The predicted octanol–water partition coefficient (Wildman–Crippen LogP) is 0.893. The van der Waals surface area contributed by atoms with Gasteiger partial charge in [0.25, 0.3) is 0 Å². The van der Waals surface area contributed by atoms with Crippen LogP contribution in [0.15, 0.2) is 12.4 Å². The normalized spacial score (nSPS) is 11.6. The van der Waals surface area contributed by atoms with Crippen LogP contribution in [0.25, 0.3) is 0 Å². The number of hydrogen-bond donors (Lipinski definition) is 0. The van der Waals surface area contributed by atoms with Crippen molar-refractivity contribution in [2.45, 2.75) is 27.3 Å². The molecule has 4 nitrogen and oxygen atoms in total. The second-order valence-electron chi connectivity index (χ2n) is 3.73. The third kappa shape index (κ3) is 2.15. The predicted molar refractivity (Wildman–Crippen MR) is 44.5 cm³/mol. The molecule has 0 aromatic carbocycles. The SMILES string of the molecule is CC(C)(C)C(=O)Cn1nccn1. The largest absolute Gasteiger partial charge is 0.297 e. The summed E-state index contributed by atoms with van der Waals surface area (Å²) in [6.07, 6.45) is 3.13. The van der Waals surface area contributed by atoms with Crippen LogP contribution in [-0.2, 0) is 11.3 Å². The second-order valence-corrected chi connectivity index (χ2v) is 3.73. The number of Topliss-reactive ketones (excluding diaryl/α,β-unsaturated/α-hetero) is 1. The van der Waals surface area contributed by atoms with Gasteiger partial charge in [-0.3, -0.25) is 4.79 Å². The van der Waals surface area contributed by atoms with E-state index in [2.05, 4.69) is 10.2 Å². The van der Waals surface area contributed by atoms with Crippen LogP contribution in [0.1, 0.15) is 20.8 Å². The zero-order chi connectivity index (χ0) is 9.19. The highest BCUT2D eigenvalue weighted by Gasteiger charge is 2.21. The van der Waals surface area contributed by atoms with Crippen molar-refractivity contribution in [3.63, 3.8) is 0 Å². The number of aromatic nitrogens is 3. The van der Waals surface area contributed by atoms with E-state index in [0.717, 1.165) is 0 Å². The molecule has 0 aliphatic heterocycles. The number of nitrogens with zero attached hydrogens (tertiary/aromatic N) is 3. The fraction of sp³-hybridized carbons (Fsp3) is 0.625. The van der Waals surface area contributed by atoms with Gasteiger partial charge in [0, 0.05) is 5.41 Å². The Kier molecular flexibility index (Phi) is 2.26. The summed E-state index contributed by atoms with van der Waals surface area (Å²) in [4.78, 5) is 12.8. The maximum atomic E-state index is 11.4. The van der Waals surface area contributed by atoms with Gasteiger partial charge in [0.15, 0.2) is 5.78 Å². The van der Waals surface area contributed by atoms with Crippen molar-refractivity contribution in [2.75, 3.05) is 0 Å². The molecule has 0 N–H and O–H groups in total. The molecule has 0 unspecified atom stereocenters. The summed E-state index contributed by atoms with van der Waals surface area (Å²) in [5, 5.41) is 7.71. The summed E-state index contributed by atoms with van der Waals surface area (Å²) < 4.78 is 0. The van der Waals surface area contributed by atoms with E-state index in [1.54, 1.807) is 12.4 Å². The van der Waals surface area contributed by atoms with Crippen LogP contribution in [0.5, 0.6) is 0 Å². The van der Waals surface area contributed by atoms with E-state index in [4.69, 9.17) is 0 Å². The number of carbonyl (C=O) groups is 1. The molecule has 12 heavy (non-hydrogen) atoms. The van der Waals surface area contributed by atoms with Crippen LogP contribution in [-0.4, -0.2) is 20.8 Å². The van der Waals surface area contributed by atoms with E-state index in [1.807, 2.05) is 20.8 Å². The summed E-state index contributed by atoms with van der Waals surface area (Å²) in [6.45, 7) is 5.92. The van der Waals surface area contributed by atoms with Crippen LogP contribution >= 0.6 is 0 Å². The van der Waals surface area contributed by atoms with Gasteiger partial charge in [0.05, 0.1) is 12.4 Å². The molecule has 0 fully saturated rings. The third-order valence-corrected chi connectivity index (χ3v) is 1.59. The molecule has 1 aromatic rings. The first-order valence-corrected chi connectivity index (χ1v) is 3.87. The van der Waals surface area contributed by atoms with Gasteiger partial charge in [0.1, 0.15) is 6.54 Å². The molecule has 0 spiro atoms. The lowest BCUT2D eigenvalue weighted by Gasteiger charge is -2.15. The van der Waals surface area contributed by atoms with Crippen LogP contribution in [0.2, 0.25) is 0 Å². The summed E-state index contributed by atoms with van der Waals surface area (Å²) in [6, 6.07) is 0. The van der Waals surface area contributed by atoms with E-state index in [9.17, 15) is 4.79 Å². The van der Waals surface area contributed by atoms with Crippen molar-refractivity contribution in [3.05, 3.63) is 12.4 Å². The van der Waals surface area contributed by atoms with Gasteiger partial charge >= 0.3 is 0 Å². The van der Waals surface area contributed by atoms with Crippen molar-refractivity contribution < 1.29 is 4.79 Å². The van der Waals surface area contributed by atoms with Crippen LogP contribution in [0.3, 0.4) is 0 Å². The fourth-order valence-corrected chi connectivity index (χ4v) is 0.691. The quantitative estimate of drug-likeness (QED) is 0.657. The van der Waals surface area contributed by atoms with Gasteiger partial charge in [-0.2, -0.15) is 15.0 Å².